The van der Waals surface area contributed by atoms with Crippen LogP contribution in [0.3, 0.4) is 0 Å². The highest BCUT2D eigenvalue weighted by Gasteiger charge is 2.27. The van der Waals surface area contributed by atoms with Gasteiger partial charge in [-0.15, -0.1) is 0 Å². The predicted molar refractivity (Wildman–Crippen MR) is 327 cm³/mol. The molecule has 3 unspecified atom stereocenters. The summed E-state index contributed by atoms with van der Waals surface area (Å²) in [4.78, 5) is 23.2. The predicted octanol–water partition coefficient (Wildman–Crippen LogP) is 19.6. The van der Waals surface area contributed by atoms with E-state index in [9.17, 15) is 19.4 Å². The lowest BCUT2D eigenvalue weighted by Crippen LogP contribution is -2.45. The SMILES string of the molecule is CC/C=C\C/C=C\C/C=C\C/C=C\CCCCCCCCCCCCCCCCCCCCCCCCCCCCCCC(=O)NC(COP(=O)(O)OCC[N+](C)(C)C)C(O)/C=C/CC/C=C/CC/C=C/CCCC. The van der Waals surface area contributed by atoms with Crippen molar-refractivity contribution in [1.29, 1.82) is 0 Å². The Morgan fingerprint density at radius 1 is 0.467 bits per heavy atom. The number of carbonyl (C=O) groups excluding carboxylic acids is 1. The third-order valence-electron chi connectivity index (χ3n) is 13.8. The van der Waals surface area contributed by atoms with Gasteiger partial charge in [0.15, 0.2) is 0 Å². The Bertz CT molecular complexity index is 1500. The molecule has 8 nitrogen and oxygen atoms in total. The van der Waals surface area contributed by atoms with Gasteiger partial charge in [0.25, 0.3) is 0 Å². The van der Waals surface area contributed by atoms with Crippen LogP contribution in [0.25, 0.3) is 0 Å². The van der Waals surface area contributed by atoms with E-state index in [1.54, 1.807) is 6.08 Å². The van der Waals surface area contributed by atoms with E-state index in [1.807, 2.05) is 27.2 Å². The number of carbonyl (C=O) groups is 1. The average molecular weight is 1070 g/mol. The summed E-state index contributed by atoms with van der Waals surface area (Å²) < 4.78 is 23.6. The second-order valence-electron chi connectivity index (χ2n) is 22.4. The molecule has 436 valence electrons. The molecule has 0 aliphatic carbocycles. The molecule has 0 fully saturated rings. The Balaban J connectivity index is 3.85. The van der Waals surface area contributed by atoms with Gasteiger partial charge in [0.2, 0.25) is 5.91 Å². The number of phosphoric ester groups is 1. The molecule has 0 spiro atoms. The Morgan fingerprint density at radius 2 is 0.813 bits per heavy atom. The normalized spacial score (nSPS) is 14.4. The van der Waals surface area contributed by atoms with Crippen LogP contribution in [0.2, 0.25) is 0 Å². The molecule has 0 heterocycles. The maximum absolute atomic E-state index is 13.0. The summed E-state index contributed by atoms with van der Waals surface area (Å²) in [6.07, 6.45) is 80.3. The molecule has 1 amide bonds. The second kappa shape index (κ2) is 56.4. The number of rotatable bonds is 57. The van der Waals surface area contributed by atoms with Gasteiger partial charge in [-0.1, -0.05) is 279 Å². The molecule has 9 heteroatoms. The fourth-order valence-corrected chi connectivity index (χ4v) is 9.67. The number of hydrogen-bond acceptors (Lipinski definition) is 5. The Labute approximate surface area is 465 Å². The monoisotopic (exact) mass is 1070 g/mol. The fourth-order valence-electron chi connectivity index (χ4n) is 8.94. The number of hydrogen-bond donors (Lipinski definition) is 3. The molecule has 0 saturated carbocycles. The number of nitrogens with zero attached hydrogens (tertiary/aromatic N) is 1. The molecule has 0 rings (SSSR count). The van der Waals surface area contributed by atoms with Crippen molar-refractivity contribution >= 4 is 13.7 Å². The van der Waals surface area contributed by atoms with E-state index in [1.165, 1.54) is 180 Å². The zero-order chi connectivity index (χ0) is 54.9. The molecule has 3 N–H and O–H groups in total. The van der Waals surface area contributed by atoms with E-state index in [0.29, 0.717) is 17.4 Å². The molecule has 3 atom stereocenters. The van der Waals surface area contributed by atoms with Gasteiger partial charge in [-0.3, -0.25) is 13.8 Å². The molecule has 75 heavy (non-hydrogen) atoms. The zero-order valence-corrected chi connectivity index (χ0v) is 50.7. The largest absolute Gasteiger partial charge is 0.472 e. The summed E-state index contributed by atoms with van der Waals surface area (Å²) in [6.45, 7) is 4.63. The van der Waals surface area contributed by atoms with E-state index in [4.69, 9.17) is 9.05 Å². The summed E-state index contributed by atoms with van der Waals surface area (Å²) >= 11 is 0. The summed E-state index contributed by atoms with van der Waals surface area (Å²) in [6, 6.07) is -0.870. The first-order valence-electron chi connectivity index (χ1n) is 31.5. The van der Waals surface area contributed by atoms with Crippen molar-refractivity contribution in [1.82, 2.24) is 5.32 Å². The van der Waals surface area contributed by atoms with Crippen molar-refractivity contribution in [2.45, 2.75) is 289 Å². The highest BCUT2D eigenvalue weighted by molar-refractivity contribution is 7.47. The number of likely N-dealkylation sites (N-methyl/N-ethyl adjacent to an activating group) is 1. The van der Waals surface area contributed by atoms with Gasteiger partial charge in [0.05, 0.1) is 39.9 Å². The minimum atomic E-state index is -4.36. The Kier molecular flexibility index (Phi) is 54.7. The van der Waals surface area contributed by atoms with Crippen LogP contribution in [0, 0.1) is 0 Å². The third kappa shape index (κ3) is 59.2. The number of aliphatic hydroxyl groups excluding tert-OH is 1. The minimum absolute atomic E-state index is 0.0527. The van der Waals surface area contributed by atoms with Crippen molar-refractivity contribution in [3.05, 3.63) is 85.1 Å². The van der Waals surface area contributed by atoms with Crippen LogP contribution in [0.4, 0.5) is 0 Å². The maximum Gasteiger partial charge on any atom is 0.472 e. The summed E-state index contributed by atoms with van der Waals surface area (Å²) in [5, 5.41) is 13.9. The summed E-state index contributed by atoms with van der Waals surface area (Å²) in [5.41, 5.74) is 0. The van der Waals surface area contributed by atoms with Crippen LogP contribution >= 0.6 is 7.82 Å². The van der Waals surface area contributed by atoms with Crippen LogP contribution in [0.15, 0.2) is 85.1 Å². The fraction of sp³-hybridized carbons (Fsp3) is 0.773. The standard InChI is InChI=1S/C66H121N2O6P/c1-6-8-10-12-14-16-18-20-21-22-23-24-25-26-27-28-29-30-31-32-33-34-35-36-37-38-39-40-41-42-43-44-45-46-47-48-50-52-54-56-58-60-66(70)67-64(63-74-75(71,72)73-62-61-68(3,4)5)65(69)59-57-55-53-51-49-19-17-15-13-11-9-7-2/h8,10,13-16,20-21,23-24,49,51,57,59,64-65,69H,6-7,9,11-12,17-19,22,25-48,50,52-56,58,60-63H2,1-5H3,(H-,67,70,71,72)/p+1/b10-8-,15-13+,16-14-,21-20-,24-23-,51-49+,59-57+. The lowest BCUT2D eigenvalue weighted by atomic mass is 10.0. The van der Waals surface area contributed by atoms with E-state index < -0.39 is 20.0 Å². The molecular formula is C66H122N2O6P+. The van der Waals surface area contributed by atoms with Crippen LogP contribution < -0.4 is 5.32 Å². The number of amides is 1. The minimum Gasteiger partial charge on any atom is -0.387 e. The summed E-state index contributed by atoms with van der Waals surface area (Å²) in [5.74, 6) is -0.190. The third-order valence-corrected chi connectivity index (χ3v) is 14.8. The van der Waals surface area contributed by atoms with Crippen molar-refractivity contribution in [2.75, 3.05) is 40.9 Å². The van der Waals surface area contributed by atoms with Gasteiger partial charge in [-0.05, 0) is 77.0 Å². The molecule has 0 saturated heterocycles. The molecule has 0 aromatic carbocycles. The van der Waals surface area contributed by atoms with Crippen LogP contribution in [0.1, 0.15) is 277 Å². The Hall–Kier alpha value is -2.32. The number of unbranched alkanes of at least 4 members (excludes halogenated alkanes) is 32. The van der Waals surface area contributed by atoms with E-state index >= 15 is 0 Å². The van der Waals surface area contributed by atoms with Gasteiger partial charge >= 0.3 is 7.82 Å². The topological polar surface area (TPSA) is 105 Å². The summed E-state index contributed by atoms with van der Waals surface area (Å²) in [7, 11) is 1.55. The molecule has 0 aliphatic rings. The average Bonchev–Trinajstić information content (AvgIpc) is 3.37. The van der Waals surface area contributed by atoms with Gasteiger partial charge < -0.3 is 19.8 Å². The highest BCUT2D eigenvalue weighted by Crippen LogP contribution is 2.43. The number of nitrogens with one attached hydrogen (secondary N) is 1. The zero-order valence-electron chi connectivity index (χ0n) is 49.8. The first kappa shape index (κ1) is 72.7. The first-order chi connectivity index (χ1) is 36.5. The van der Waals surface area contributed by atoms with E-state index in [2.05, 4.69) is 92.1 Å². The van der Waals surface area contributed by atoms with Crippen LogP contribution in [-0.4, -0.2) is 73.4 Å². The lowest BCUT2D eigenvalue weighted by molar-refractivity contribution is -0.870. The quantitative estimate of drug-likeness (QED) is 0.0243. The van der Waals surface area contributed by atoms with Crippen molar-refractivity contribution < 1.29 is 32.9 Å². The van der Waals surface area contributed by atoms with Crippen LogP contribution in [-0.2, 0) is 18.4 Å². The van der Waals surface area contributed by atoms with Gasteiger partial charge in [-0.2, -0.15) is 0 Å². The van der Waals surface area contributed by atoms with E-state index in [-0.39, 0.29) is 19.1 Å². The van der Waals surface area contributed by atoms with Crippen molar-refractivity contribution in [3.63, 3.8) is 0 Å². The molecule has 0 aromatic heterocycles. The second-order valence-corrected chi connectivity index (χ2v) is 23.8. The molecule has 0 aliphatic heterocycles. The molecular weight excluding hydrogens is 948 g/mol. The first-order valence-corrected chi connectivity index (χ1v) is 33.0. The maximum atomic E-state index is 13.0. The van der Waals surface area contributed by atoms with Crippen LogP contribution in [0.5, 0.6) is 0 Å². The molecule has 0 bridgehead atoms. The van der Waals surface area contributed by atoms with Gasteiger partial charge in [0.1, 0.15) is 13.2 Å². The number of phosphoric acid groups is 1. The molecule has 0 radical (unpaired) electrons. The number of allylic oxidation sites excluding steroid dienone is 13. The van der Waals surface area contributed by atoms with Gasteiger partial charge in [0, 0.05) is 6.42 Å². The van der Waals surface area contributed by atoms with Gasteiger partial charge in [-0.25, -0.2) is 4.57 Å². The Morgan fingerprint density at radius 3 is 1.23 bits per heavy atom. The van der Waals surface area contributed by atoms with Crippen molar-refractivity contribution in [3.8, 4) is 0 Å². The highest BCUT2D eigenvalue weighted by atomic mass is 31.2. The lowest BCUT2D eigenvalue weighted by Gasteiger charge is -2.25. The number of quaternary nitrogens is 1. The van der Waals surface area contributed by atoms with Crippen molar-refractivity contribution in [2.24, 2.45) is 0 Å². The number of aliphatic hydroxyl groups is 1. The van der Waals surface area contributed by atoms with E-state index in [0.717, 1.165) is 77.0 Å². The molecule has 0 aromatic rings. The smallest absolute Gasteiger partial charge is 0.387 e.